The summed E-state index contributed by atoms with van der Waals surface area (Å²) in [6.45, 7) is 1.81. The number of cyclic esters (lactones) is 1. The Morgan fingerprint density at radius 1 is 1.57 bits per heavy atom. The Hall–Kier alpha value is -1.13. The van der Waals surface area contributed by atoms with Gasteiger partial charge in [-0.1, -0.05) is 24.3 Å². The summed E-state index contributed by atoms with van der Waals surface area (Å²) in [5.74, 6) is -1.40. The second kappa shape index (κ2) is 4.93. The maximum absolute atomic E-state index is 11.1. The smallest absolute Gasteiger partial charge is 0.314 e. The van der Waals surface area contributed by atoms with E-state index in [1.165, 1.54) is 6.08 Å². The second-order valence-electron chi connectivity index (χ2n) is 3.12. The van der Waals surface area contributed by atoms with E-state index in [4.69, 9.17) is 0 Å². The van der Waals surface area contributed by atoms with Crippen molar-refractivity contribution in [3.8, 4) is 0 Å². The highest BCUT2D eigenvalue weighted by Crippen LogP contribution is 2.19. The van der Waals surface area contributed by atoms with Crippen molar-refractivity contribution in [2.24, 2.45) is 5.92 Å². The molecule has 4 nitrogen and oxygen atoms in total. The minimum absolute atomic E-state index is 0.0297. The van der Waals surface area contributed by atoms with Crippen LogP contribution < -0.4 is 0 Å². The van der Waals surface area contributed by atoms with Crippen LogP contribution in [0.5, 0.6) is 0 Å². The topological polar surface area (TPSA) is 66.8 Å². The van der Waals surface area contributed by atoms with Gasteiger partial charge in [0.25, 0.3) is 0 Å². The van der Waals surface area contributed by atoms with E-state index in [0.29, 0.717) is 0 Å². The van der Waals surface area contributed by atoms with Crippen LogP contribution in [0.15, 0.2) is 24.3 Å². The van der Waals surface area contributed by atoms with E-state index in [1.54, 1.807) is 18.2 Å². The lowest BCUT2D eigenvalue weighted by molar-refractivity contribution is -0.143. The van der Waals surface area contributed by atoms with Crippen LogP contribution >= 0.6 is 0 Å². The highest BCUT2D eigenvalue weighted by molar-refractivity contribution is 5.76. The normalized spacial score (nSPS) is 30.1. The molecule has 3 atom stereocenters. The molecule has 0 aromatic rings. The van der Waals surface area contributed by atoms with Gasteiger partial charge in [-0.15, -0.1) is 0 Å². The van der Waals surface area contributed by atoms with E-state index in [-0.39, 0.29) is 6.61 Å². The quantitative estimate of drug-likeness (QED) is 0.495. The van der Waals surface area contributed by atoms with Crippen molar-refractivity contribution in [3.63, 3.8) is 0 Å². The molecule has 1 aliphatic heterocycles. The van der Waals surface area contributed by atoms with Crippen molar-refractivity contribution in [1.29, 1.82) is 0 Å². The first kappa shape index (κ1) is 10.9. The summed E-state index contributed by atoms with van der Waals surface area (Å²) in [7, 11) is 0. The van der Waals surface area contributed by atoms with Gasteiger partial charge < -0.3 is 14.9 Å². The SMILES string of the molecule is C/C=C/C=C/C(O)[C@H]1C(=O)OC[C@@H]1O. The fraction of sp³-hybridized carbons (Fsp3) is 0.500. The average Bonchev–Trinajstić information content (AvgIpc) is 2.46. The van der Waals surface area contributed by atoms with Crippen LogP contribution in [0.1, 0.15) is 6.92 Å². The molecule has 0 aromatic carbocycles. The molecule has 0 saturated carbocycles. The summed E-state index contributed by atoms with van der Waals surface area (Å²) in [5, 5.41) is 18.9. The Kier molecular flexibility index (Phi) is 3.85. The van der Waals surface area contributed by atoms with Gasteiger partial charge in [-0.25, -0.2) is 0 Å². The number of aliphatic hydroxyl groups excluding tert-OH is 2. The van der Waals surface area contributed by atoms with Gasteiger partial charge in [0.15, 0.2) is 0 Å². The maximum atomic E-state index is 11.1. The summed E-state index contributed by atoms with van der Waals surface area (Å²) in [4.78, 5) is 11.1. The minimum Gasteiger partial charge on any atom is -0.463 e. The standard InChI is InChI=1S/C10H14O4/c1-2-3-4-5-7(11)9-8(12)6-14-10(9)13/h2-5,7-9,11-12H,6H2,1H3/b3-2+,5-4+/t7?,8-,9+/m0/s1. The van der Waals surface area contributed by atoms with E-state index < -0.39 is 24.1 Å². The highest BCUT2D eigenvalue weighted by atomic mass is 16.6. The van der Waals surface area contributed by atoms with Gasteiger partial charge in [-0.3, -0.25) is 4.79 Å². The Labute approximate surface area is 82.5 Å². The third-order valence-corrected chi connectivity index (χ3v) is 2.06. The van der Waals surface area contributed by atoms with Crippen molar-refractivity contribution >= 4 is 5.97 Å². The number of hydrogen-bond acceptors (Lipinski definition) is 4. The monoisotopic (exact) mass is 198 g/mol. The predicted molar refractivity (Wildman–Crippen MR) is 50.4 cm³/mol. The summed E-state index contributed by atoms with van der Waals surface area (Å²) in [6.07, 6.45) is 4.72. The molecule has 1 aliphatic rings. The first-order valence-corrected chi connectivity index (χ1v) is 4.49. The first-order valence-electron chi connectivity index (χ1n) is 4.49. The number of allylic oxidation sites excluding steroid dienone is 3. The van der Waals surface area contributed by atoms with Crippen molar-refractivity contribution in [2.45, 2.75) is 19.1 Å². The van der Waals surface area contributed by atoms with Gasteiger partial charge >= 0.3 is 5.97 Å². The van der Waals surface area contributed by atoms with Gasteiger partial charge in [0.05, 0.1) is 6.10 Å². The number of carbonyl (C=O) groups is 1. The Bertz CT molecular complexity index is 257. The van der Waals surface area contributed by atoms with Crippen LogP contribution in [0, 0.1) is 5.92 Å². The molecule has 14 heavy (non-hydrogen) atoms. The van der Waals surface area contributed by atoms with Crippen LogP contribution in [-0.2, 0) is 9.53 Å². The third-order valence-electron chi connectivity index (χ3n) is 2.06. The lowest BCUT2D eigenvalue weighted by atomic mass is 9.98. The van der Waals surface area contributed by atoms with E-state index in [0.717, 1.165) is 0 Å². The van der Waals surface area contributed by atoms with E-state index in [9.17, 15) is 15.0 Å². The summed E-state index contributed by atoms with van der Waals surface area (Å²) < 4.78 is 4.60. The zero-order valence-corrected chi connectivity index (χ0v) is 7.96. The molecule has 0 radical (unpaired) electrons. The van der Waals surface area contributed by atoms with Gasteiger partial charge in [0, 0.05) is 0 Å². The van der Waals surface area contributed by atoms with Crippen molar-refractivity contribution < 1.29 is 19.7 Å². The molecule has 0 aromatic heterocycles. The molecule has 1 fully saturated rings. The fourth-order valence-corrected chi connectivity index (χ4v) is 1.30. The molecule has 0 bridgehead atoms. The summed E-state index contributed by atoms with van der Waals surface area (Å²) in [6, 6.07) is 0. The zero-order valence-electron chi connectivity index (χ0n) is 7.96. The number of aliphatic hydroxyl groups is 2. The fourth-order valence-electron chi connectivity index (χ4n) is 1.30. The minimum atomic E-state index is -0.990. The Morgan fingerprint density at radius 3 is 2.79 bits per heavy atom. The molecular weight excluding hydrogens is 184 g/mol. The molecule has 1 saturated heterocycles. The molecule has 0 amide bonds. The molecule has 1 rings (SSSR count). The molecule has 1 unspecified atom stereocenters. The summed E-state index contributed by atoms with van der Waals surface area (Å²) in [5.41, 5.74) is 0. The lowest BCUT2D eigenvalue weighted by Crippen LogP contribution is -2.31. The molecule has 0 spiro atoms. The van der Waals surface area contributed by atoms with E-state index in [1.807, 2.05) is 6.92 Å². The second-order valence-corrected chi connectivity index (χ2v) is 3.12. The summed E-state index contributed by atoms with van der Waals surface area (Å²) >= 11 is 0. The Balaban J connectivity index is 2.59. The number of carbonyl (C=O) groups excluding carboxylic acids is 1. The molecule has 1 heterocycles. The molecule has 0 aliphatic carbocycles. The van der Waals surface area contributed by atoms with Crippen molar-refractivity contribution in [1.82, 2.24) is 0 Å². The number of ether oxygens (including phenoxy) is 1. The first-order chi connectivity index (χ1) is 6.66. The largest absolute Gasteiger partial charge is 0.463 e. The van der Waals surface area contributed by atoms with Crippen molar-refractivity contribution in [2.75, 3.05) is 6.61 Å². The maximum Gasteiger partial charge on any atom is 0.314 e. The molecule has 4 heteroatoms. The number of hydrogen-bond donors (Lipinski definition) is 2. The van der Waals surface area contributed by atoms with Crippen LogP contribution in [0.3, 0.4) is 0 Å². The van der Waals surface area contributed by atoms with Crippen LogP contribution in [0.2, 0.25) is 0 Å². The van der Waals surface area contributed by atoms with Gasteiger partial charge in [-0.2, -0.15) is 0 Å². The zero-order chi connectivity index (χ0) is 10.6. The van der Waals surface area contributed by atoms with Gasteiger partial charge in [-0.05, 0) is 6.92 Å². The van der Waals surface area contributed by atoms with Crippen molar-refractivity contribution in [3.05, 3.63) is 24.3 Å². The Morgan fingerprint density at radius 2 is 2.29 bits per heavy atom. The van der Waals surface area contributed by atoms with Crippen LogP contribution in [-0.4, -0.2) is 35.0 Å². The molecular formula is C10H14O4. The van der Waals surface area contributed by atoms with Gasteiger partial charge in [0.2, 0.25) is 0 Å². The van der Waals surface area contributed by atoms with Crippen LogP contribution in [0.25, 0.3) is 0 Å². The van der Waals surface area contributed by atoms with Crippen LogP contribution in [0.4, 0.5) is 0 Å². The third kappa shape index (κ3) is 2.43. The number of esters is 1. The lowest BCUT2D eigenvalue weighted by Gasteiger charge is -2.12. The van der Waals surface area contributed by atoms with E-state index >= 15 is 0 Å². The number of rotatable bonds is 3. The molecule has 78 valence electrons. The average molecular weight is 198 g/mol. The predicted octanol–water partition coefficient (Wildman–Crippen LogP) is 0.0135. The van der Waals surface area contributed by atoms with E-state index in [2.05, 4.69) is 4.74 Å². The molecule has 2 N–H and O–H groups in total. The highest BCUT2D eigenvalue weighted by Gasteiger charge is 2.39. The van der Waals surface area contributed by atoms with Gasteiger partial charge in [0.1, 0.15) is 18.6 Å².